The molecule has 2 aliphatic heterocycles. The molecule has 11 rings (SSSR count). The van der Waals surface area contributed by atoms with Gasteiger partial charge in [0.05, 0.1) is 15.7 Å². The molecule has 7 aromatic carbocycles. The minimum absolute atomic E-state index is 0.0620. The van der Waals surface area contributed by atoms with E-state index in [-0.39, 0.29) is 6.85 Å². The van der Waals surface area contributed by atoms with Gasteiger partial charge in [-0.3, -0.25) is 0 Å². The summed E-state index contributed by atoms with van der Waals surface area (Å²) in [4.78, 5) is 2.58. The van der Waals surface area contributed by atoms with Crippen LogP contribution in [0.4, 0.5) is 11.4 Å². The van der Waals surface area contributed by atoms with E-state index in [1.54, 1.807) is 0 Å². The molecule has 0 unspecified atom stereocenters. The van der Waals surface area contributed by atoms with Gasteiger partial charge in [0, 0.05) is 54.4 Å². The largest absolute Gasteiger partial charge is 0.376 e. The number of anilines is 2. The number of hydrogen-bond acceptors (Lipinski definition) is 2. The molecule has 4 heterocycles. The molecule has 0 aliphatic carbocycles. The maximum atomic E-state index is 2.58. The Morgan fingerprint density at radius 3 is 1.93 bits per heavy atom. The molecule has 0 amide bonds. The van der Waals surface area contributed by atoms with Gasteiger partial charge in [-0.05, 0) is 64.5 Å². The normalized spacial score (nSPS) is 13.1. The number of aromatic nitrogens is 1. The van der Waals surface area contributed by atoms with E-state index in [9.17, 15) is 0 Å². The van der Waals surface area contributed by atoms with E-state index in [0.29, 0.717) is 0 Å². The highest BCUT2D eigenvalue weighted by atomic mass is 32.1. The van der Waals surface area contributed by atoms with Crippen molar-refractivity contribution in [2.45, 2.75) is 0 Å². The summed E-state index contributed by atoms with van der Waals surface area (Å²) in [5.41, 5.74) is 14.2. The van der Waals surface area contributed by atoms with E-state index in [1.165, 1.54) is 92.2 Å². The van der Waals surface area contributed by atoms with E-state index in [2.05, 4.69) is 161 Å². The first kappa shape index (κ1) is 24.7. The minimum atomic E-state index is 0.0620. The molecular weight excluding hydrogens is 575 g/mol. The lowest BCUT2D eigenvalue weighted by Crippen LogP contribution is -2.59. The lowest BCUT2D eigenvalue weighted by molar-refractivity contribution is 1.19. The summed E-state index contributed by atoms with van der Waals surface area (Å²) in [5.74, 6) is 0. The zero-order valence-corrected chi connectivity index (χ0v) is 25.6. The van der Waals surface area contributed by atoms with Crippen molar-refractivity contribution in [1.29, 1.82) is 0 Å². The fourth-order valence-electron chi connectivity index (χ4n) is 8.30. The number of para-hydroxylation sites is 3. The minimum Gasteiger partial charge on any atom is -0.376 e. The third-order valence-electron chi connectivity index (χ3n) is 10.2. The van der Waals surface area contributed by atoms with Gasteiger partial charge in [0.15, 0.2) is 0 Å². The highest BCUT2D eigenvalue weighted by Gasteiger charge is 2.42. The highest BCUT2D eigenvalue weighted by molar-refractivity contribution is 7.26. The SMILES string of the molecule is c1ccc(-n2c3cc4c(cc3c3ccc5c6ccccc6sc5c32)-c2ccccc2N2B4c3ccccc3-c3ccccc32)cc1. The molecule has 212 valence electrons. The smallest absolute Gasteiger partial charge is 0.329 e. The summed E-state index contributed by atoms with van der Waals surface area (Å²) >= 11 is 1.91. The third-order valence-corrected chi connectivity index (χ3v) is 11.4. The van der Waals surface area contributed by atoms with Crippen LogP contribution in [0.1, 0.15) is 0 Å². The van der Waals surface area contributed by atoms with E-state index in [1.807, 2.05) is 11.3 Å². The number of nitrogens with zero attached hydrogens (tertiary/aromatic N) is 2. The number of fused-ring (bicyclic) bond motifs is 18. The summed E-state index contributed by atoms with van der Waals surface area (Å²) in [6, 6.07) is 56.3. The summed E-state index contributed by atoms with van der Waals surface area (Å²) in [7, 11) is 0. The first-order chi connectivity index (χ1) is 22.8. The van der Waals surface area contributed by atoms with Gasteiger partial charge in [-0.2, -0.15) is 0 Å². The van der Waals surface area contributed by atoms with E-state index in [4.69, 9.17) is 0 Å². The molecule has 0 spiro atoms. The highest BCUT2D eigenvalue weighted by Crippen LogP contribution is 2.48. The molecule has 0 N–H and O–H groups in total. The lowest BCUT2D eigenvalue weighted by atomic mass is 9.43. The number of benzene rings is 7. The van der Waals surface area contributed by atoms with Crippen molar-refractivity contribution in [3.8, 4) is 27.9 Å². The van der Waals surface area contributed by atoms with Gasteiger partial charge in [-0.25, -0.2) is 0 Å². The van der Waals surface area contributed by atoms with Gasteiger partial charge in [0.1, 0.15) is 0 Å². The Morgan fingerprint density at radius 1 is 0.457 bits per heavy atom. The molecule has 4 heteroatoms. The van der Waals surface area contributed by atoms with Crippen molar-refractivity contribution in [1.82, 2.24) is 4.57 Å². The van der Waals surface area contributed by atoms with Crippen molar-refractivity contribution in [2.75, 3.05) is 4.81 Å². The standard InChI is InChI=1S/C42H25BN2S/c1-2-12-26(13-3-1)44-39-25-36-33(24-34(39)31-22-23-32-30-17-7-11-21-40(30)46-42(32)41(31)44)29-16-6-10-20-38(29)45-37-19-9-5-15-28(37)27-14-4-8-18-35(27)43(36)45/h1-25H. The van der Waals surface area contributed by atoms with Gasteiger partial charge < -0.3 is 9.38 Å². The second-order valence-electron chi connectivity index (χ2n) is 12.5. The van der Waals surface area contributed by atoms with Crippen LogP contribution in [0.15, 0.2) is 152 Å². The van der Waals surface area contributed by atoms with Crippen molar-refractivity contribution < 1.29 is 0 Å². The van der Waals surface area contributed by atoms with Crippen LogP contribution in [0, 0.1) is 0 Å². The fourth-order valence-corrected chi connectivity index (χ4v) is 9.54. The molecule has 2 nitrogen and oxygen atoms in total. The first-order valence-electron chi connectivity index (χ1n) is 15.9. The van der Waals surface area contributed by atoms with Crippen LogP contribution in [0.25, 0.3) is 69.9 Å². The van der Waals surface area contributed by atoms with Crippen molar-refractivity contribution in [2.24, 2.45) is 0 Å². The molecule has 0 fully saturated rings. The Hall–Kier alpha value is -5.58. The van der Waals surface area contributed by atoms with Crippen LogP contribution in [0.2, 0.25) is 0 Å². The number of rotatable bonds is 1. The molecule has 2 aromatic heterocycles. The average molecular weight is 601 g/mol. The second-order valence-corrected chi connectivity index (χ2v) is 13.5. The predicted molar refractivity (Wildman–Crippen MR) is 198 cm³/mol. The Kier molecular flexibility index (Phi) is 4.83. The molecule has 46 heavy (non-hydrogen) atoms. The summed E-state index contributed by atoms with van der Waals surface area (Å²) < 4.78 is 5.20. The predicted octanol–water partition coefficient (Wildman–Crippen LogP) is 10.1. The second kappa shape index (κ2) is 9.00. The van der Waals surface area contributed by atoms with Crippen LogP contribution < -0.4 is 15.7 Å². The lowest BCUT2D eigenvalue weighted by Gasteiger charge is -2.43. The van der Waals surface area contributed by atoms with Crippen molar-refractivity contribution in [3.63, 3.8) is 0 Å². The molecule has 0 atom stereocenters. The third kappa shape index (κ3) is 3.12. The van der Waals surface area contributed by atoms with Gasteiger partial charge in [-0.1, -0.05) is 109 Å². The van der Waals surface area contributed by atoms with Crippen molar-refractivity contribution in [3.05, 3.63) is 152 Å². The van der Waals surface area contributed by atoms with Gasteiger partial charge in [0.2, 0.25) is 0 Å². The molecule has 9 aromatic rings. The molecular formula is C42H25BN2S. The zero-order valence-electron chi connectivity index (χ0n) is 24.8. The summed E-state index contributed by atoms with van der Waals surface area (Å²) in [6.45, 7) is 0.0620. The molecule has 2 aliphatic rings. The fraction of sp³-hybridized carbons (Fsp3) is 0. The van der Waals surface area contributed by atoms with E-state index >= 15 is 0 Å². The summed E-state index contributed by atoms with van der Waals surface area (Å²) in [5, 5.41) is 5.25. The maximum Gasteiger partial charge on any atom is 0.329 e. The Morgan fingerprint density at radius 2 is 1.11 bits per heavy atom. The molecule has 0 saturated heterocycles. The van der Waals surface area contributed by atoms with Crippen LogP contribution in [0.5, 0.6) is 0 Å². The first-order valence-corrected chi connectivity index (χ1v) is 16.7. The molecule has 0 saturated carbocycles. The van der Waals surface area contributed by atoms with Gasteiger partial charge >= 0.3 is 6.85 Å². The average Bonchev–Trinajstić information content (AvgIpc) is 3.66. The number of thiophene rings is 1. The number of hydrogen-bond donors (Lipinski definition) is 0. The van der Waals surface area contributed by atoms with E-state index in [0.717, 1.165) is 0 Å². The van der Waals surface area contributed by atoms with Gasteiger partial charge in [-0.15, -0.1) is 11.3 Å². The Labute approximate surface area is 270 Å². The Bertz CT molecular complexity index is 2720. The molecule has 0 bridgehead atoms. The van der Waals surface area contributed by atoms with Crippen LogP contribution in [-0.4, -0.2) is 11.4 Å². The van der Waals surface area contributed by atoms with Crippen LogP contribution >= 0.6 is 11.3 Å². The zero-order chi connectivity index (χ0) is 29.9. The quantitative estimate of drug-likeness (QED) is 0.170. The molecule has 0 radical (unpaired) electrons. The van der Waals surface area contributed by atoms with Crippen LogP contribution in [-0.2, 0) is 0 Å². The van der Waals surface area contributed by atoms with Crippen molar-refractivity contribution >= 4 is 82.5 Å². The Balaban J connectivity index is 1.32. The summed E-state index contributed by atoms with van der Waals surface area (Å²) in [6.07, 6.45) is 0. The monoisotopic (exact) mass is 600 g/mol. The van der Waals surface area contributed by atoms with Crippen LogP contribution in [0.3, 0.4) is 0 Å². The topological polar surface area (TPSA) is 8.17 Å². The van der Waals surface area contributed by atoms with Gasteiger partial charge in [0.25, 0.3) is 0 Å². The maximum absolute atomic E-state index is 2.58. The van der Waals surface area contributed by atoms with E-state index < -0.39 is 0 Å².